The maximum Gasteiger partial charge on any atom is 0.330 e. The van der Waals surface area contributed by atoms with Crippen molar-refractivity contribution in [2.75, 3.05) is 0 Å². The number of fused-ring (bicyclic) bond motifs is 1. The lowest BCUT2D eigenvalue weighted by atomic mass is 10.0. The first-order chi connectivity index (χ1) is 10.7. The van der Waals surface area contributed by atoms with Gasteiger partial charge in [0.05, 0.1) is 11.9 Å². The topological polar surface area (TPSA) is 54.9 Å². The van der Waals surface area contributed by atoms with Crippen LogP contribution in [0, 0.1) is 12.3 Å². The Hall–Kier alpha value is -2.58. The number of aryl methyl sites for hydroxylation is 1. The average molecular weight is 310 g/mol. The molecule has 0 fully saturated rings. The number of aromatic amines is 1. The molecular formula is C17H14N2O2S. The number of hydrogen-bond donors (Lipinski definition) is 1. The summed E-state index contributed by atoms with van der Waals surface area (Å²) in [5, 5.41) is 2.41. The van der Waals surface area contributed by atoms with Gasteiger partial charge in [-0.3, -0.25) is 9.78 Å². The van der Waals surface area contributed by atoms with E-state index in [2.05, 4.69) is 17.8 Å². The lowest BCUT2D eigenvalue weighted by Crippen LogP contribution is -2.34. The van der Waals surface area contributed by atoms with Crippen molar-refractivity contribution in [2.24, 2.45) is 0 Å². The van der Waals surface area contributed by atoms with E-state index in [4.69, 9.17) is 6.42 Å². The maximum atomic E-state index is 12.6. The normalized spacial score (nSPS) is 10.7. The first-order valence-electron chi connectivity index (χ1n) is 6.92. The fourth-order valence-corrected chi connectivity index (χ4v) is 3.37. The number of thiophene rings is 1. The van der Waals surface area contributed by atoms with Crippen LogP contribution in [-0.4, -0.2) is 9.55 Å². The highest BCUT2D eigenvalue weighted by atomic mass is 32.1. The number of terminal acetylenes is 1. The molecule has 0 radical (unpaired) electrons. The van der Waals surface area contributed by atoms with Crippen LogP contribution in [0.4, 0.5) is 0 Å². The Morgan fingerprint density at radius 1 is 1.27 bits per heavy atom. The third kappa shape index (κ3) is 2.28. The first kappa shape index (κ1) is 14.4. The monoisotopic (exact) mass is 310 g/mol. The van der Waals surface area contributed by atoms with Crippen molar-refractivity contribution in [2.45, 2.75) is 19.9 Å². The largest absolute Gasteiger partial charge is 0.330 e. The second kappa shape index (κ2) is 5.66. The van der Waals surface area contributed by atoms with Crippen molar-refractivity contribution in [1.82, 2.24) is 9.55 Å². The van der Waals surface area contributed by atoms with Crippen LogP contribution in [0.25, 0.3) is 21.3 Å². The molecule has 3 rings (SSSR count). The van der Waals surface area contributed by atoms with E-state index in [1.165, 1.54) is 16.9 Å². The van der Waals surface area contributed by atoms with E-state index in [1.54, 1.807) is 0 Å². The van der Waals surface area contributed by atoms with Gasteiger partial charge in [0, 0.05) is 10.9 Å². The highest BCUT2D eigenvalue weighted by Crippen LogP contribution is 2.30. The Kier molecular flexibility index (Phi) is 3.70. The maximum absolute atomic E-state index is 12.6. The highest BCUT2D eigenvalue weighted by Gasteiger charge is 2.14. The Bertz CT molecular complexity index is 985. The minimum Gasteiger partial charge on any atom is -0.298 e. The van der Waals surface area contributed by atoms with E-state index >= 15 is 0 Å². The number of nitrogens with one attached hydrogen (secondary N) is 1. The van der Waals surface area contributed by atoms with Gasteiger partial charge < -0.3 is 0 Å². The van der Waals surface area contributed by atoms with Crippen LogP contribution in [0.5, 0.6) is 0 Å². The van der Waals surface area contributed by atoms with Crippen LogP contribution in [0.1, 0.15) is 12.5 Å². The highest BCUT2D eigenvalue weighted by molar-refractivity contribution is 7.17. The van der Waals surface area contributed by atoms with E-state index < -0.39 is 5.69 Å². The molecule has 0 unspecified atom stereocenters. The smallest absolute Gasteiger partial charge is 0.298 e. The van der Waals surface area contributed by atoms with Gasteiger partial charge in [0.1, 0.15) is 4.83 Å². The molecule has 0 bridgehead atoms. The summed E-state index contributed by atoms with van der Waals surface area (Å²) in [5.74, 6) is 2.34. The zero-order valence-corrected chi connectivity index (χ0v) is 12.9. The van der Waals surface area contributed by atoms with Crippen LogP contribution in [-0.2, 0) is 13.0 Å². The number of benzene rings is 1. The molecule has 4 nitrogen and oxygen atoms in total. The number of aromatic nitrogens is 2. The standard InChI is InChI=1S/C17H14N2O2S/c1-3-9-19-16(20)14-13(10-22-15(14)18-17(19)21)12-7-5-11(4-2)6-8-12/h1,5-8,10H,4,9H2,2H3,(H,18,21). The van der Waals surface area contributed by atoms with Crippen LogP contribution in [0.3, 0.4) is 0 Å². The third-order valence-electron chi connectivity index (χ3n) is 3.64. The molecule has 0 atom stereocenters. The van der Waals surface area contributed by atoms with Crippen LogP contribution >= 0.6 is 11.3 Å². The fourth-order valence-electron chi connectivity index (χ4n) is 2.42. The van der Waals surface area contributed by atoms with E-state index in [0.717, 1.165) is 22.1 Å². The molecule has 22 heavy (non-hydrogen) atoms. The SMILES string of the molecule is C#CCn1c(=O)[nH]c2scc(-c3ccc(CC)cc3)c2c1=O. The molecule has 0 amide bonds. The summed E-state index contributed by atoms with van der Waals surface area (Å²) in [6, 6.07) is 8.09. The van der Waals surface area contributed by atoms with Gasteiger partial charge in [0.15, 0.2) is 0 Å². The van der Waals surface area contributed by atoms with E-state index in [1.807, 2.05) is 29.6 Å². The lowest BCUT2D eigenvalue weighted by molar-refractivity contribution is 0.743. The predicted molar refractivity (Wildman–Crippen MR) is 90.4 cm³/mol. The number of nitrogens with zero attached hydrogens (tertiary/aromatic N) is 1. The summed E-state index contributed by atoms with van der Waals surface area (Å²) in [4.78, 5) is 27.8. The Balaban J connectivity index is 2.27. The molecule has 1 N–H and O–H groups in total. The van der Waals surface area contributed by atoms with Crippen molar-refractivity contribution < 1.29 is 0 Å². The third-order valence-corrected chi connectivity index (χ3v) is 4.53. The summed E-state index contributed by atoms with van der Waals surface area (Å²) in [7, 11) is 0. The predicted octanol–water partition coefficient (Wildman–Crippen LogP) is 2.61. The molecule has 5 heteroatoms. The molecule has 2 aromatic heterocycles. The van der Waals surface area contributed by atoms with Gasteiger partial charge in [-0.25, -0.2) is 9.36 Å². The lowest BCUT2D eigenvalue weighted by Gasteiger charge is -2.03. The molecule has 0 aliphatic carbocycles. The quantitative estimate of drug-likeness (QED) is 0.756. The minimum atomic E-state index is -0.467. The number of rotatable bonds is 3. The second-order valence-electron chi connectivity index (χ2n) is 4.93. The van der Waals surface area contributed by atoms with Crippen molar-refractivity contribution in [3.05, 3.63) is 56.0 Å². The minimum absolute atomic E-state index is 0.0336. The summed E-state index contributed by atoms with van der Waals surface area (Å²) in [5.41, 5.74) is 2.22. The average Bonchev–Trinajstić information content (AvgIpc) is 2.95. The summed E-state index contributed by atoms with van der Waals surface area (Å²) in [6.45, 7) is 2.06. The van der Waals surface area contributed by atoms with Gasteiger partial charge in [0.2, 0.25) is 0 Å². The van der Waals surface area contributed by atoms with Crippen LogP contribution < -0.4 is 11.2 Å². The van der Waals surface area contributed by atoms with E-state index in [0.29, 0.717) is 10.2 Å². The molecule has 3 aromatic rings. The molecule has 0 aliphatic heterocycles. The summed E-state index contributed by atoms with van der Waals surface area (Å²) >= 11 is 1.35. The van der Waals surface area contributed by atoms with E-state index in [9.17, 15) is 9.59 Å². The summed E-state index contributed by atoms with van der Waals surface area (Å²) in [6.07, 6.45) is 6.20. The Morgan fingerprint density at radius 3 is 2.64 bits per heavy atom. The molecule has 0 saturated carbocycles. The molecule has 0 spiro atoms. The van der Waals surface area contributed by atoms with Crippen LogP contribution in [0.2, 0.25) is 0 Å². The Morgan fingerprint density at radius 2 is 2.00 bits per heavy atom. The molecule has 0 aliphatic rings. The number of hydrogen-bond acceptors (Lipinski definition) is 3. The van der Waals surface area contributed by atoms with Crippen molar-refractivity contribution in [3.8, 4) is 23.5 Å². The Labute approximate surface area is 131 Å². The second-order valence-corrected chi connectivity index (χ2v) is 5.81. The van der Waals surface area contributed by atoms with Crippen LogP contribution in [0.15, 0.2) is 39.2 Å². The zero-order chi connectivity index (χ0) is 15.7. The first-order valence-corrected chi connectivity index (χ1v) is 7.80. The molecule has 2 heterocycles. The van der Waals surface area contributed by atoms with E-state index in [-0.39, 0.29) is 12.1 Å². The van der Waals surface area contributed by atoms with Gasteiger partial charge in [-0.2, -0.15) is 0 Å². The molecule has 110 valence electrons. The van der Waals surface area contributed by atoms with Gasteiger partial charge >= 0.3 is 5.69 Å². The molecule has 1 aromatic carbocycles. The van der Waals surface area contributed by atoms with Crippen molar-refractivity contribution in [3.63, 3.8) is 0 Å². The zero-order valence-electron chi connectivity index (χ0n) is 12.1. The number of H-pyrrole nitrogens is 1. The van der Waals surface area contributed by atoms with Crippen molar-refractivity contribution in [1.29, 1.82) is 0 Å². The van der Waals surface area contributed by atoms with Gasteiger partial charge in [-0.05, 0) is 17.5 Å². The molecular weight excluding hydrogens is 296 g/mol. The van der Waals surface area contributed by atoms with Gasteiger partial charge in [0.25, 0.3) is 5.56 Å². The summed E-state index contributed by atoms with van der Waals surface area (Å²) < 4.78 is 1.05. The fraction of sp³-hybridized carbons (Fsp3) is 0.176. The van der Waals surface area contributed by atoms with Crippen molar-refractivity contribution >= 4 is 21.6 Å². The molecule has 0 saturated heterocycles. The van der Waals surface area contributed by atoms with Gasteiger partial charge in [-0.1, -0.05) is 37.1 Å². The van der Waals surface area contributed by atoms with Gasteiger partial charge in [-0.15, -0.1) is 17.8 Å².